The number of aryl methyl sites for hydroxylation is 1. The minimum absolute atomic E-state index is 0.0276. The van der Waals surface area contributed by atoms with E-state index in [-0.39, 0.29) is 17.8 Å². The second-order valence-electron chi connectivity index (χ2n) is 5.91. The van der Waals surface area contributed by atoms with Crippen molar-refractivity contribution < 1.29 is 22.8 Å². The van der Waals surface area contributed by atoms with Gasteiger partial charge in [0.2, 0.25) is 0 Å². The summed E-state index contributed by atoms with van der Waals surface area (Å²) in [4.78, 5) is 31.6. The lowest BCUT2D eigenvalue weighted by molar-refractivity contribution is 0.0965. The van der Waals surface area contributed by atoms with E-state index >= 15 is 0 Å². The first kappa shape index (κ1) is 19.4. The average molecular weight is 419 g/mol. The van der Waals surface area contributed by atoms with Crippen LogP contribution in [0, 0.1) is 12.7 Å². The molecule has 0 spiro atoms. The molecule has 2 aromatic rings. The normalized spacial score (nSPS) is 17.3. The number of carbonyl (C=O) groups is 2. The fourth-order valence-corrected chi connectivity index (χ4v) is 2.84. The van der Waals surface area contributed by atoms with Crippen molar-refractivity contribution in [3.05, 3.63) is 51.3 Å². The summed E-state index contributed by atoms with van der Waals surface area (Å²) in [5, 5.41) is 3.34. The Morgan fingerprint density at radius 3 is 2.59 bits per heavy atom. The number of halogens is 5. The summed E-state index contributed by atoms with van der Waals surface area (Å²) < 4.78 is 40.2. The molecule has 2 N–H and O–H groups in total. The van der Waals surface area contributed by atoms with E-state index in [2.05, 4.69) is 15.3 Å². The Labute approximate surface area is 161 Å². The Hall–Kier alpha value is -2.39. The van der Waals surface area contributed by atoms with Gasteiger partial charge in [-0.1, -0.05) is 23.2 Å². The smallest absolute Gasteiger partial charge is 0.306 e. The fourth-order valence-electron chi connectivity index (χ4n) is 2.44. The van der Waals surface area contributed by atoms with Crippen LogP contribution in [0.3, 0.4) is 0 Å². The highest BCUT2D eigenvalue weighted by Crippen LogP contribution is 2.56. The molecular formula is C16H11Cl2F3N4O2. The zero-order chi connectivity index (χ0) is 19.9. The summed E-state index contributed by atoms with van der Waals surface area (Å²) in [6.45, 7) is 1.60. The minimum Gasteiger partial charge on any atom is -0.306 e. The van der Waals surface area contributed by atoms with Crippen molar-refractivity contribution in [1.29, 1.82) is 0 Å². The van der Waals surface area contributed by atoms with Crippen molar-refractivity contribution in [1.82, 2.24) is 15.3 Å². The number of nitrogens with zero attached hydrogens (tertiary/aromatic N) is 2. The van der Waals surface area contributed by atoms with Gasteiger partial charge in [0.1, 0.15) is 5.15 Å². The van der Waals surface area contributed by atoms with Crippen molar-refractivity contribution in [2.75, 3.05) is 5.32 Å². The van der Waals surface area contributed by atoms with Crippen LogP contribution in [0.4, 0.5) is 23.7 Å². The van der Waals surface area contributed by atoms with E-state index in [0.29, 0.717) is 5.56 Å². The molecular weight excluding hydrogens is 408 g/mol. The number of urea groups is 1. The van der Waals surface area contributed by atoms with Crippen molar-refractivity contribution in [2.24, 2.45) is 0 Å². The van der Waals surface area contributed by atoms with Crippen LogP contribution >= 0.6 is 23.2 Å². The van der Waals surface area contributed by atoms with Crippen molar-refractivity contribution in [3.8, 4) is 0 Å². The first-order valence-electron chi connectivity index (χ1n) is 7.57. The molecule has 3 rings (SSSR count). The van der Waals surface area contributed by atoms with Gasteiger partial charge in [0.15, 0.2) is 11.0 Å². The van der Waals surface area contributed by atoms with Gasteiger partial charge in [-0.3, -0.25) is 15.1 Å². The topological polar surface area (TPSA) is 84.0 Å². The van der Waals surface area contributed by atoms with Gasteiger partial charge in [-0.25, -0.2) is 22.9 Å². The number of carbonyl (C=O) groups excluding carboxylic acids is 2. The summed E-state index contributed by atoms with van der Waals surface area (Å²) in [5.41, 5.74) is 0.185. The number of rotatable bonds is 3. The van der Waals surface area contributed by atoms with Gasteiger partial charge >= 0.3 is 6.03 Å². The Kier molecular flexibility index (Phi) is 5.00. The predicted molar refractivity (Wildman–Crippen MR) is 92.0 cm³/mol. The van der Waals surface area contributed by atoms with Gasteiger partial charge in [-0.05, 0) is 24.6 Å². The summed E-state index contributed by atoms with van der Waals surface area (Å²) >= 11 is 11.2. The first-order valence-corrected chi connectivity index (χ1v) is 8.33. The molecule has 2 heterocycles. The van der Waals surface area contributed by atoms with Gasteiger partial charge < -0.3 is 5.32 Å². The van der Waals surface area contributed by atoms with Crippen LogP contribution in [-0.4, -0.2) is 27.8 Å². The van der Waals surface area contributed by atoms with E-state index in [1.807, 2.05) is 5.32 Å². The molecule has 0 bridgehead atoms. The summed E-state index contributed by atoms with van der Waals surface area (Å²) in [6, 6.07) is 1.23. The molecule has 0 aliphatic heterocycles. The molecule has 2 aromatic heterocycles. The van der Waals surface area contributed by atoms with Crippen molar-refractivity contribution >= 4 is 40.8 Å². The van der Waals surface area contributed by atoms with Crippen molar-refractivity contribution in [2.45, 2.75) is 25.2 Å². The second kappa shape index (κ2) is 6.97. The van der Waals surface area contributed by atoms with E-state index in [9.17, 15) is 22.8 Å². The average Bonchev–Trinajstić information content (AvgIpc) is 3.20. The number of nitrogens with one attached hydrogen (secondary N) is 2. The molecule has 1 unspecified atom stereocenters. The SMILES string of the molecule is Cc1ccnc(C2CC2(F)F)c1NC(=O)NC(=O)c1cc(F)c(Cl)nc1Cl. The number of aromatic nitrogens is 2. The second-order valence-corrected chi connectivity index (χ2v) is 6.63. The van der Waals surface area contributed by atoms with E-state index in [1.165, 1.54) is 12.3 Å². The Morgan fingerprint density at radius 1 is 1.30 bits per heavy atom. The van der Waals surface area contributed by atoms with Gasteiger partial charge in [-0.15, -0.1) is 0 Å². The molecule has 0 aromatic carbocycles. The van der Waals surface area contributed by atoms with E-state index in [4.69, 9.17) is 23.2 Å². The summed E-state index contributed by atoms with van der Waals surface area (Å²) in [6.07, 6.45) is 0.985. The van der Waals surface area contributed by atoms with Crippen LogP contribution in [0.25, 0.3) is 0 Å². The lowest BCUT2D eigenvalue weighted by Gasteiger charge is -2.13. The maximum Gasteiger partial charge on any atom is 0.326 e. The zero-order valence-corrected chi connectivity index (χ0v) is 15.1. The largest absolute Gasteiger partial charge is 0.326 e. The van der Waals surface area contributed by atoms with Crippen LogP contribution in [-0.2, 0) is 0 Å². The number of hydrogen-bond donors (Lipinski definition) is 2. The Bertz CT molecular complexity index is 956. The number of imide groups is 1. The van der Waals surface area contributed by atoms with E-state index in [0.717, 1.165) is 6.07 Å². The van der Waals surface area contributed by atoms with Crippen LogP contribution in [0.1, 0.15) is 34.0 Å². The third-order valence-electron chi connectivity index (χ3n) is 3.94. The highest BCUT2D eigenvalue weighted by Gasteiger charge is 2.59. The van der Waals surface area contributed by atoms with Crippen LogP contribution < -0.4 is 10.6 Å². The Balaban J connectivity index is 1.77. The molecule has 0 radical (unpaired) electrons. The third-order valence-corrected chi connectivity index (χ3v) is 4.49. The molecule has 0 saturated heterocycles. The van der Waals surface area contributed by atoms with Crippen LogP contribution in [0.15, 0.2) is 18.3 Å². The number of hydrogen-bond acceptors (Lipinski definition) is 4. The van der Waals surface area contributed by atoms with Gasteiger partial charge in [0.25, 0.3) is 11.8 Å². The predicted octanol–water partition coefficient (Wildman–Crippen LogP) is 4.32. The Morgan fingerprint density at radius 2 is 1.96 bits per heavy atom. The van der Waals surface area contributed by atoms with Crippen LogP contribution in [0.2, 0.25) is 10.3 Å². The third kappa shape index (κ3) is 3.98. The molecule has 1 saturated carbocycles. The lowest BCUT2D eigenvalue weighted by atomic mass is 10.1. The molecule has 1 aliphatic rings. The van der Waals surface area contributed by atoms with Gasteiger partial charge in [0, 0.05) is 12.6 Å². The fraction of sp³-hybridized carbons (Fsp3) is 0.250. The summed E-state index contributed by atoms with van der Waals surface area (Å²) in [5.74, 6) is -6.02. The molecule has 1 atom stereocenters. The molecule has 142 valence electrons. The molecule has 11 heteroatoms. The monoisotopic (exact) mass is 418 g/mol. The zero-order valence-electron chi connectivity index (χ0n) is 13.6. The number of alkyl halides is 2. The number of pyridine rings is 2. The van der Waals surface area contributed by atoms with Gasteiger partial charge in [-0.2, -0.15) is 0 Å². The highest BCUT2D eigenvalue weighted by atomic mass is 35.5. The van der Waals surface area contributed by atoms with E-state index < -0.39 is 45.5 Å². The quantitative estimate of drug-likeness (QED) is 0.727. The lowest BCUT2D eigenvalue weighted by Crippen LogP contribution is -2.35. The standard InChI is InChI=1S/C16H11Cl2F3N4O2/c1-6-2-3-22-11(8-5-16(8,20)21)10(6)23-15(27)25-14(26)7-4-9(19)13(18)24-12(7)17/h2-4,8H,5H2,1H3,(H2,23,25,26,27). The molecule has 1 fully saturated rings. The molecule has 6 nitrogen and oxygen atoms in total. The number of anilines is 1. The molecule has 27 heavy (non-hydrogen) atoms. The maximum absolute atomic E-state index is 13.5. The van der Waals surface area contributed by atoms with Crippen molar-refractivity contribution in [3.63, 3.8) is 0 Å². The number of amides is 3. The first-order chi connectivity index (χ1) is 12.6. The van der Waals surface area contributed by atoms with E-state index in [1.54, 1.807) is 6.92 Å². The highest BCUT2D eigenvalue weighted by molar-refractivity contribution is 6.35. The van der Waals surface area contributed by atoms with Gasteiger partial charge in [0.05, 0.1) is 22.9 Å². The minimum atomic E-state index is -2.89. The summed E-state index contributed by atoms with van der Waals surface area (Å²) in [7, 11) is 0. The van der Waals surface area contributed by atoms with Crippen LogP contribution in [0.5, 0.6) is 0 Å². The molecule has 3 amide bonds. The molecule has 1 aliphatic carbocycles. The maximum atomic E-state index is 13.5.